The predicted molar refractivity (Wildman–Crippen MR) is 118 cm³/mol. The highest BCUT2D eigenvalue weighted by molar-refractivity contribution is 7.99. The highest BCUT2D eigenvalue weighted by Gasteiger charge is 2.17. The second-order valence-electron chi connectivity index (χ2n) is 6.75. The number of ether oxygens (including phenoxy) is 1. The van der Waals surface area contributed by atoms with E-state index in [1.54, 1.807) is 30.4 Å². The average Bonchev–Trinajstić information content (AvgIpc) is 2.81. The van der Waals surface area contributed by atoms with Crippen LogP contribution in [0.2, 0.25) is 0 Å². The largest absolute Gasteiger partial charge is 0.485 e. The van der Waals surface area contributed by atoms with Crippen LogP contribution in [0.15, 0.2) is 89.2 Å². The Hall–Kier alpha value is -3.58. The van der Waals surface area contributed by atoms with Crippen molar-refractivity contribution in [3.63, 3.8) is 0 Å². The summed E-state index contributed by atoms with van der Waals surface area (Å²) in [6.07, 6.45) is 5.17. The van der Waals surface area contributed by atoms with Gasteiger partial charge in [0.05, 0.1) is 5.69 Å². The van der Waals surface area contributed by atoms with Crippen LogP contribution < -0.4 is 15.4 Å². The van der Waals surface area contributed by atoms with Gasteiger partial charge in [0.2, 0.25) is 0 Å². The molecule has 0 fully saturated rings. The van der Waals surface area contributed by atoms with Crippen molar-refractivity contribution in [2.45, 2.75) is 23.1 Å². The summed E-state index contributed by atoms with van der Waals surface area (Å²) in [5.74, 6) is 2.25. The molecule has 0 bridgehead atoms. The number of nitrogens with one attached hydrogen (secondary N) is 2. The maximum Gasteiger partial charge on any atom is 0.169 e. The van der Waals surface area contributed by atoms with Gasteiger partial charge >= 0.3 is 0 Å². The van der Waals surface area contributed by atoms with Crippen LogP contribution in [0, 0.1) is 0 Å². The zero-order valence-corrected chi connectivity index (χ0v) is 16.9. The minimum absolute atomic E-state index is 0.502. The zero-order chi connectivity index (χ0) is 20.2. The lowest BCUT2D eigenvalue weighted by Gasteiger charge is -2.19. The van der Waals surface area contributed by atoms with Gasteiger partial charge in [-0.2, -0.15) is 0 Å². The lowest BCUT2D eigenvalue weighted by molar-refractivity contribution is 0.306. The Morgan fingerprint density at radius 1 is 0.867 bits per heavy atom. The summed E-state index contributed by atoms with van der Waals surface area (Å²) in [6.45, 7) is 1.13. The molecule has 2 aromatic carbocycles. The summed E-state index contributed by atoms with van der Waals surface area (Å²) >= 11 is 1.62. The molecule has 3 heterocycles. The number of nitrogens with zero attached hydrogens (tertiary/aromatic N) is 3. The molecule has 2 aromatic heterocycles. The van der Waals surface area contributed by atoms with Crippen molar-refractivity contribution >= 4 is 29.1 Å². The van der Waals surface area contributed by atoms with E-state index in [0.29, 0.717) is 13.2 Å². The van der Waals surface area contributed by atoms with Gasteiger partial charge in [-0.05, 0) is 35.4 Å². The van der Waals surface area contributed by atoms with Gasteiger partial charge in [-0.15, -0.1) is 0 Å². The standard InChI is InChI=1S/C23H19N5OS/c1-2-5-16(6-3-1)15-29-19-7-4-10-24-21(19)27-14-17-8-9-20-18(13-17)28-22-23(30-20)26-12-11-25-22/h1-13H,14-15H2,(H,24,27)(H,25,28). The van der Waals surface area contributed by atoms with Gasteiger partial charge in [-0.3, -0.25) is 0 Å². The van der Waals surface area contributed by atoms with Gasteiger partial charge < -0.3 is 15.4 Å². The van der Waals surface area contributed by atoms with Crippen LogP contribution in [-0.4, -0.2) is 15.0 Å². The molecule has 1 aliphatic heterocycles. The van der Waals surface area contributed by atoms with E-state index in [-0.39, 0.29) is 0 Å². The van der Waals surface area contributed by atoms with Crippen molar-refractivity contribution < 1.29 is 4.74 Å². The van der Waals surface area contributed by atoms with Gasteiger partial charge in [0, 0.05) is 30.0 Å². The van der Waals surface area contributed by atoms with E-state index in [2.05, 4.69) is 43.8 Å². The summed E-state index contributed by atoms with van der Waals surface area (Å²) in [5.41, 5.74) is 3.29. The van der Waals surface area contributed by atoms with Crippen LogP contribution in [0.1, 0.15) is 11.1 Å². The lowest BCUT2D eigenvalue weighted by atomic mass is 10.2. The summed E-state index contributed by atoms with van der Waals surface area (Å²) in [5, 5.41) is 7.65. The second-order valence-corrected chi connectivity index (χ2v) is 7.78. The maximum absolute atomic E-state index is 5.99. The van der Waals surface area contributed by atoms with Crippen LogP contribution >= 0.6 is 11.8 Å². The van der Waals surface area contributed by atoms with Crippen LogP contribution in [-0.2, 0) is 13.2 Å². The third-order valence-electron chi connectivity index (χ3n) is 4.64. The average molecular weight is 414 g/mol. The smallest absolute Gasteiger partial charge is 0.169 e. The van der Waals surface area contributed by atoms with Crippen molar-refractivity contribution in [2.75, 3.05) is 10.6 Å². The first kappa shape index (κ1) is 18.4. The summed E-state index contributed by atoms with van der Waals surface area (Å²) in [7, 11) is 0. The summed E-state index contributed by atoms with van der Waals surface area (Å²) in [6, 6.07) is 20.2. The molecule has 0 spiro atoms. The summed E-state index contributed by atoms with van der Waals surface area (Å²) < 4.78 is 5.99. The molecule has 0 amide bonds. The molecule has 5 rings (SSSR count). The van der Waals surface area contributed by atoms with Crippen LogP contribution in [0.5, 0.6) is 5.75 Å². The van der Waals surface area contributed by atoms with E-state index < -0.39 is 0 Å². The van der Waals surface area contributed by atoms with Gasteiger partial charge in [0.1, 0.15) is 11.6 Å². The molecule has 7 heteroatoms. The zero-order valence-electron chi connectivity index (χ0n) is 16.1. The highest BCUT2D eigenvalue weighted by atomic mass is 32.2. The lowest BCUT2D eigenvalue weighted by Crippen LogP contribution is -2.07. The molecule has 6 nitrogen and oxygen atoms in total. The van der Waals surface area contributed by atoms with E-state index >= 15 is 0 Å². The number of pyridine rings is 1. The van der Waals surface area contributed by atoms with Crippen LogP contribution in [0.25, 0.3) is 0 Å². The Bertz CT molecular complexity index is 1170. The van der Waals surface area contributed by atoms with Gasteiger partial charge in [-0.1, -0.05) is 48.2 Å². The number of fused-ring (bicyclic) bond motifs is 2. The van der Waals surface area contributed by atoms with Crippen molar-refractivity contribution in [3.05, 3.63) is 90.4 Å². The fourth-order valence-corrected chi connectivity index (χ4v) is 4.03. The number of rotatable bonds is 6. The molecular formula is C23H19N5OS. The molecular weight excluding hydrogens is 394 g/mol. The molecule has 0 unspecified atom stereocenters. The van der Waals surface area contributed by atoms with Crippen LogP contribution in [0.3, 0.4) is 0 Å². The number of aromatic nitrogens is 3. The molecule has 0 atom stereocenters. The van der Waals surface area contributed by atoms with Crippen molar-refractivity contribution in [1.29, 1.82) is 0 Å². The summed E-state index contributed by atoms with van der Waals surface area (Å²) in [4.78, 5) is 14.3. The predicted octanol–water partition coefficient (Wildman–Crippen LogP) is 5.27. The van der Waals surface area contributed by atoms with Crippen molar-refractivity contribution in [3.8, 4) is 5.75 Å². The normalized spacial score (nSPS) is 11.7. The van der Waals surface area contributed by atoms with E-state index in [4.69, 9.17) is 4.74 Å². The third kappa shape index (κ3) is 4.06. The Labute approximate surface area is 178 Å². The quantitative estimate of drug-likeness (QED) is 0.393. The number of hydrogen-bond donors (Lipinski definition) is 2. The topological polar surface area (TPSA) is 72.0 Å². The fourth-order valence-electron chi connectivity index (χ4n) is 3.15. The number of hydrogen-bond acceptors (Lipinski definition) is 7. The molecule has 0 saturated heterocycles. The Balaban J connectivity index is 1.27. The molecule has 148 valence electrons. The van der Waals surface area contributed by atoms with E-state index in [1.165, 1.54) is 0 Å². The monoisotopic (exact) mass is 413 g/mol. The fraction of sp³-hybridized carbons (Fsp3) is 0.0870. The Morgan fingerprint density at radius 2 is 1.77 bits per heavy atom. The molecule has 0 saturated carbocycles. The minimum Gasteiger partial charge on any atom is -0.485 e. The Kier molecular flexibility index (Phi) is 5.18. The number of benzene rings is 2. The first-order valence-corrected chi connectivity index (χ1v) is 10.4. The van der Waals surface area contributed by atoms with E-state index in [1.807, 2.05) is 42.5 Å². The SMILES string of the molecule is c1ccc(COc2cccnc2NCc2ccc3c(c2)Nc2nccnc2S3)cc1. The molecule has 30 heavy (non-hydrogen) atoms. The van der Waals surface area contributed by atoms with Gasteiger partial charge in [-0.25, -0.2) is 15.0 Å². The van der Waals surface area contributed by atoms with Crippen molar-refractivity contribution in [1.82, 2.24) is 15.0 Å². The molecule has 0 radical (unpaired) electrons. The highest BCUT2D eigenvalue weighted by Crippen LogP contribution is 2.42. The molecule has 0 aliphatic carbocycles. The van der Waals surface area contributed by atoms with Crippen molar-refractivity contribution in [2.24, 2.45) is 0 Å². The first-order chi connectivity index (χ1) is 14.8. The molecule has 2 N–H and O–H groups in total. The first-order valence-electron chi connectivity index (χ1n) is 9.59. The molecule has 1 aliphatic rings. The Morgan fingerprint density at radius 3 is 2.70 bits per heavy atom. The maximum atomic E-state index is 5.99. The van der Waals surface area contributed by atoms with E-state index in [9.17, 15) is 0 Å². The van der Waals surface area contributed by atoms with Gasteiger partial charge in [0.25, 0.3) is 0 Å². The third-order valence-corrected chi connectivity index (χ3v) is 5.70. The van der Waals surface area contributed by atoms with Crippen LogP contribution in [0.4, 0.5) is 17.3 Å². The minimum atomic E-state index is 0.502. The number of anilines is 3. The van der Waals surface area contributed by atoms with Gasteiger partial charge in [0.15, 0.2) is 17.4 Å². The molecule has 4 aromatic rings. The van der Waals surface area contributed by atoms with E-state index in [0.717, 1.165) is 44.1 Å². The second kappa shape index (κ2) is 8.42.